The molecule has 0 spiro atoms. The number of unbranched alkanes of at least 4 members (excludes halogenated alkanes) is 4. The first-order valence-electron chi connectivity index (χ1n) is 8.70. The number of hydrogen-bond donors (Lipinski definition) is 0. The highest BCUT2D eigenvalue weighted by Gasteiger charge is 1.92. The summed E-state index contributed by atoms with van der Waals surface area (Å²) in [6, 6.07) is 8.83. The quantitative estimate of drug-likeness (QED) is 0.462. The Morgan fingerprint density at radius 2 is 1.25 bits per heavy atom. The Balaban J connectivity index is 0. The van der Waals surface area contributed by atoms with Crippen molar-refractivity contribution < 1.29 is 0 Å². The molecule has 117 valence electrons. The van der Waals surface area contributed by atoms with Gasteiger partial charge in [0.05, 0.1) is 0 Å². The van der Waals surface area contributed by atoms with E-state index in [2.05, 4.69) is 58.4 Å². The lowest BCUT2D eigenvalue weighted by Crippen LogP contribution is -1.83. The van der Waals surface area contributed by atoms with Crippen molar-refractivity contribution in [3.05, 3.63) is 41.8 Å². The van der Waals surface area contributed by atoms with Crippen molar-refractivity contribution in [3.8, 4) is 0 Å². The SMILES string of the molecule is CC.CCCCCC.CCC[CH]c1ccc(CC)cc1. The predicted molar refractivity (Wildman–Crippen MR) is 95.3 cm³/mol. The lowest BCUT2D eigenvalue weighted by molar-refractivity contribution is 0.702. The topological polar surface area (TPSA) is 0 Å². The van der Waals surface area contributed by atoms with E-state index in [0.29, 0.717) is 0 Å². The summed E-state index contributed by atoms with van der Waals surface area (Å²) < 4.78 is 0. The minimum Gasteiger partial charge on any atom is -0.0683 e. The van der Waals surface area contributed by atoms with Gasteiger partial charge in [0.25, 0.3) is 0 Å². The van der Waals surface area contributed by atoms with Gasteiger partial charge in [0.1, 0.15) is 0 Å². The fraction of sp³-hybridized carbons (Fsp3) is 0.650. The van der Waals surface area contributed by atoms with Gasteiger partial charge in [-0.15, -0.1) is 0 Å². The predicted octanol–water partition coefficient (Wildman–Crippen LogP) is 7.21. The zero-order valence-corrected chi connectivity index (χ0v) is 14.8. The molecule has 0 unspecified atom stereocenters. The van der Waals surface area contributed by atoms with E-state index >= 15 is 0 Å². The smallest absolute Gasteiger partial charge is 0.00932 e. The molecular formula is C20H37. The van der Waals surface area contributed by atoms with E-state index in [-0.39, 0.29) is 0 Å². The van der Waals surface area contributed by atoms with Crippen LogP contribution in [-0.2, 0) is 6.42 Å². The Bertz CT molecular complexity index is 254. The van der Waals surface area contributed by atoms with Gasteiger partial charge in [-0.05, 0) is 30.4 Å². The molecular weight excluding hydrogens is 240 g/mol. The van der Waals surface area contributed by atoms with E-state index in [0.717, 1.165) is 6.42 Å². The molecule has 0 fully saturated rings. The molecule has 1 aromatic carbocycles. The zero-order valence-electron chi connectivity index (χ0n) is 14.8. The van der Waals surface area contributed by atoms with Crippen LogP contribution in [0.3, 0.4) is 0 Å². The third-order valence-electron chi connectivity index (χ3n) is 3.01. The van der Waals surface area contributed by atoms with Crippen LogP contribution in [0.1, 0.15) is 91.2 Å². The highest BCUT2D eigenvalue weighted by atomic mass is 14.0. The third-order valence-corrected chi connectivity index (χ3v) is 3.01. The lowest BCUT2D eigenvalue weighted by atomic mass is 10.1. The highest BCUT2D eigenvalue weighted by molar-refractivity contribution is 5.27. The van der Waals surface area contributed by atoms with Crippen molar-refractivity contribution in [1.29, 1.82) is 0 Å². The highest BCUT2D eigenvalue weighted by Crippen LogP contribution is 2.09. The number of aryl methyl sites for hydroxylation is 1. The molecule has 1 radical (unpaired) electrons. The lowest BCUT2D eigenvalue weighted by Gasteiger charge is -2.00. The molecule has 20 heavy (non-hydrogen) atoms. The van der Waals surface area contributed by atoms with Gasteiger partial charge < -0.3 is 0 Å². The van der Waals surface area contributed by atoms with Crippen molar-refractivity contribution in [1.82, 2.24) is 0 Å². The van der Waals surface area contributed by atoms with Crippen molar-refractivity contribution in [2.75, 3.05) is 0 Å². The Morgan fingerprint density at radius 3 is 1.60 bits per heavy atom. The van der Waals surface area contributed by atoms with Gasteiger partial charge in [-0.25, -0.2) is 0 Å². The van der Waals surface area contributed by atoms with Gasteiger partial charge in [0.2, 0.25) is 0 Å². The Hall–Kier alpha value is -0.780. The van der Waals surface area contributed by atoms with Crippen LogP contribution in [0.15, 0.2) is 24.3 Å². The standard InChI is InChI=1S/C12H17.C6H14.C2H6/c1-3-5-6-12-9-7-11(4-2)8-10-12;1-3-5-6-4-2;1-2/h6-10H,3-5H2,1-2H3;3-6H2,1-2H3;1-2H3. The molecule has 0 aliphatic rings. The normalized spacial score (nSPS) is 9.10. The fourth-order valence-electron chi connectivity index (χ4n) is 1.70. The van der Waals surface area contributed by atoms with Crippen LogP contribution in [0.2, 0.25) is 0 Å². The molecule has 0 N–H and O–H groups in total. The maximum absolute atomic E-state index is 2.29. The van der Waals surface area contributed by atoms with Crippen molar-refractivity contribution in [3.63, 3.8) is 0 Å². The van der Waals surface area contributed by atoms with Crippen molar-refractivity contribution in [2.24, 2.45) is 0 Å². The minimum absolute atomic E-state index is 1.13. The van der Waals surface area contributed by atoms with E-state index in [1.807, 2.05) is 13.8 Å². The number of hydrogen-bond acceptors (Lipinski definition) is 0. The molecule has 1 rings (SSSR count). The van der Waals surface area contributed by atoms with E-state index in [1.54, 1.807) is 0 Å². The van der Waals surface area contributed by atoms with Gasteiger partial charge >= 0.3 is 0 Å². The molecule has 0 nitrogen and oxygen atoms in total. The van der Waals surface area contributed by atoms with Crippen molar-refractivity contribution in [2.45, 2.75) is 86.5 Å². The molecule has 0 aromatic heterocycles. The molecule has 0 atom stereocenters. The van der Waals surface area contributed by atoms with Crippen LogP contribution >= 0.6 is 0 Å². The Kier molecular flexibility index (Phi) is 19.6. The summed E-state index contributed by atoms with van der Waals surface area (Å²) >= 11 is 0. The monoisotopic (exact) mass is 277 g/mol. The van der Waals surface area contributed by atoms with Gasteiger partial charge in [0.15, 0.2) is 0 Å². The summed E-state index contributed by atoms with van der Waals surface area (Å²) in [5.41, 5.74) is 2.78. The summed E-state index contributed by atoms with van der Waals surface area (Å²) in [7, 11) is 0. The van der Waals surface area contributed by atoms with Crippen LogP contribution in [0.25, 0.3) is 0 Å². The molecule has 0 amide bonds. The van der Waals surface area contributed by atoms with E-state index < -0.39 is 0 Å². The molecule has 0 heteroatoms. The van der Waals surface area contributed by atoms with E-state index in [4.69, 9.17) is 0 Å². The molecule has 0 aliphatic heterocycles. The van der Waals surface area contributed by atoms with Gasteiger partial charge in [0, 0.05) is 0 Å². The average Bonchev–Trinajstić information content (AvgIpc) is 2.54. The summed E-state index contributed by atoms with van der Waals surface area (Å²) in [6.45, 7) is 12.9. The second-order valence-corrected chi connectivity index (χ2v) is 4.80. The Labute approximate surface area is 129 Å². The summed E-state index contributed by atoms with van der Waals surface area (Å²) in [4.78, 5) is 0. The van der Waals surface area contributed by atoms with Crippen LogP contribution < -0.4 is 0 Å². The summed E-state index contributed by atoms with van der Waals surface area (Å²) in [5.74, 6) is 0. The first-order chi connectivity index (χ1) is 9.78. The molecule has 0 heterocycles. The maximum atomic E-state index is 2.29. The number of benzene rings is 1. The summed E-state index contributed by atoms with van der Waals surface area (Å²) in [6.07, 6.45) is 11.4. The van der Waals surface area contributed by atoms with Gasteiger partial charge in [-0.2, -0.15) is 0 Å². The molecule has 0 saturated heterocycles. The minimum atomic E-state index is 1.13. The van der Waals surface area contributed by atoms with E-state index in [1.165, 1.54) is 49.7 Å². The van der Waals surface area contributed by atoms with Crippen LogP contribution in [-0.4, -0.2) is 0 Å². The van der Waals surface area contributed by atoms with Crippen LogP contribution in [0.5, 0.6) is 0 Å². The molecule has 0 saturated carbocycles. The van der Waals surface area contributed by atoms with E-state index in [9.17, 15) is 0 Å². The van der Waals surface area contributed by atoms with Gasteiger partial charge in [-0.1, -0.05) is 97.9 Å². The van der Waals surface area contributed by atoms with Crippen LogP contribution in [0, 0.1) is 6.42 Å². The maximum Gasteiger partial charge on any atom is -0.00932 e. The van der Waals surface area contributed by atoms with Crippen LogP contribution in [0.4, 0.5) is 0 Å². The zero-order chi connectivity index (χ0) is 15.6. The third kappa shape index (κ3) is 13.6. The molecule has 0 bridgehead atoms. The fourth-order valence-corrected chi connectivity index (χ4v) is 1.70. The number of rotatable bonds is 7. The first kappa shape index (κ1) is 21.5. The first-order valence-corrected chi connectivity index (χ1v) is 8.70. The molecule has 0 aliphatic carbocycles. The second kappa shape index (κ2) is 18.2. The van der Waals surface area contributed by atoms with Gasteiger partial charge in [-0.3, -0.25) is 0 Å². The average molecular weight is 278 g/mol. The van der Waals surface area contributed by atoms with Crippen molar-refractivity contribution >= 4 is 0 Å². The second-order valence-electron chi connectivity index (χ2n) is 4.80. The Morgan fingerprint density at radius 1 is 0.750 bits per heavy atom. The largest absolute Gasteiger partial charge is 0.0683 e. The summed E-state index contributed by atoms with van der Waals surface area (Å²) in [5, 5.41) is 0. The molecule has 1 aromatic rings.